The number of amides is 1. The minimum atomic E-state index is -0.181. The smallest absolute Gasteiger partial charge is 0.269 e. The van der Waals surface area contributed by atoms with Crippen LogP contribution in [0.3, 0.4) is 0 Å². The Morgan fingerprint density at radius 1 is 1.26 bits per heavy atom. The van der Waals surface area contributed by atoms with Gasteiger partial charge >= 0.3 is 0 Å². The molecule has 118 valence electrons. The fourth-order valence-corrected chi connectivity index (χ4v) is 2.37. The highest BCUT2D eigenvalue weighted by atomic mass is 16.1. The third kappa shape index (κ3) is 3.31. The van der Waals surface area contributed by atoms with Crippen LogP contribution in [0.25, 0.3) is 11.3 Å². The summed E-state index contributed by atoms with van der Waals surface area (Å²) in [6, 6.07) is 11.7. The van der Waals surface area contributed by atoms with E-state index in [0.29, 0.717) is 12.2 Å². The maximum Gasteiger partial charge on any atom is 0.269 e. The minimum absolute atomic E-state index is 0.181. The molecular formula is C17H19N5O. The first-order valence-corrected chi connectivity index (χ1v) is 7.58. The van der Waals surface area contributed by atoms with Crippen LogP contribution in [-0.4, -0.2) is 25.9 Å². The van der Waals surface area contributed by atoms with Crippen LogP contribution >= 0.6 is 0 Å². The predicted octanol–water partition coefficient (Wildman–Crippen LogP) is 2.53. The SMILES string of the molecule is CCn1nccc1CNC(=O)c1cc(-c2ccc(C)cc2)n[nH]1. The zero-order valence-electron chi connectivity index (χ0n) is 13.2. The van der Waals surface area contributed by atoms with E-state index in [0.717, 1.165) is 23.5 Å². The third-order valence-electron chi connectivity index (χ3n) is 3.70. The summed E-state index contributed by atoms with van der Waals surface area (Å²) >= 11 is 0. The number of nitrogens with one attached hydrogen (secondary N) is 2. The molecule has 3 rings (SSSR count). The Hall–Kier alpha value is -2.89. The van der Waals surface area contributed by atoms with Crippen molar-refractivity contribution >= 4 is 5.91 Å². The topological polar surface area (TPSA) is 75.6 Å². The van der Waals surface area contributed by atoms with Crippen molar-refractivity contribution in [2.45, 2.75) is 26.9 Å². The molecule has 0 aliphatic carbocycles. The number of carbonyl (C=O) groups excluding carboxylic acids is 1. The Kier molecular flexibility index (Phi) is 4.23. The second kappa shape index (κ2) is 6.48. The molecule has 0 aliphatic rings. The highest BCUT2D eigenvalue weighted by Gasteiger charge is 2.11. The van der Waals surface area contributed by atoms with E-state index in [9.17, 15) is 4.79 Å². The molecule has 6 nitrogen and oxygen atoms in total. The average Bonchev–Trinajstić information content (AvgIpc) is 3.22. The van der Waals surface area contributed by atoms with Crippen LogP contribution in [0.5, 0.6) is 0 Å². The first-order chi connectivity index (χ1) is 11.2. The molecular weight excluding hydrogens is 290 g/mol. The van der Waals surface area contributed by atoms with E-state index in [4.69, 9.17) is 0 Å². The van der Waals surface area contributed by atoms with Gasteiger partial charge in [-0.3, -0.25) is 14.6 Å². The summed E-state index contributed by atoms with van der Waals surface area (Å²) in [7, 11) is 0. The number of benzene rings is 1. The fourth-order valence-electron chi connectivity index (χ4n) is 2.37. The van der Waals surface area contributed by atoms with Gasteiger partial charge in [0, 0.05) is 18.3 Å². The Bertz CT molecular complexity index is 801. The molecule has 1 aromatic carbocycles. The summed E-state index contributed by atoms with van der Waals surface area (Å²) in [5.41, 5.74) is 4.35. The summed E-state index contributed by atoms with van der Waals surface area (Å²) in [5, 5.41) is 14.1. The number of aryl methyl sites for hydroxylation is 2. The van der Waals surface area contributed by atoms with Gasteiger partial charge < -0.3 is 5.32 Å². The number of carbonyl (C=O) groups is 1. The molecule has 0 radical (unpaired) electrons. The maximum absolute atomic E-state index is 12.2. The van der Waals surface area contributed by atoms with Crippen molar-refractivity contribution in [1.82, 2.24) is 25.3 Å². The van der Waals surface area contributed by atoms with Gasteiger partial charge in [-0.05, 0) is 26.0 Å². The summed E-state index contributed by atoms with van der Waals surface area (Å²) in [4.78, 5) is 12.2. The molecule has 2 aromatic heterocycles. The lowest BCUT2D eigenvalue weighted by atomic mass is 10.1. The molecule has 0 spiro atoms. The number of aromatic nitrogens is 4. The van der Waals surface area contributed by atoms with E-state index < -0.39 is 0 Å². The standard InChI is InChI=1S/C17H19N5O/c1-3-22-14(8-9-19-22)11-18-17(23)16-10-15(20-21-16)13-6-4-12(2)5-7-13/h4-10H,3,11H2,1-2H3,(H,18,23)(H,20,21). The van der Waals surface area contributed by atoms with Crippen molar-refractivity contribution in [1.29, 1.82) is 0 Å². The highest BCUT2D eigenvalue weighted by Crippen LogP contribution is 2.18. The number of H-pyrrole nitrogens is 1. The van der Waals surface area contributed by atoms with Crippen molar-refractivity contribution in [2.75, 3.05) is 0 Å². The van der Waals surface area contributed by atoms with E-state index >= 15 is 0 Å². The van der Waals surface area contributed by atoms with Gasteiger partial charge in [0.15, 0.2) is 0 Å². The number of hydrogen-bond donors (Lipinski definition) is 2. The zero-order valence-corrected chi connectivity index (χ0v) is 13.2. The zero-order chi connectivity index (χ0) is 16.2. The van der Waals surface area contributed by atoms with Crippen molar-refractivity contribution in [3.8, 4) is 11.3 Å². The summed E-state index contributed by atoms with van der Waals surface area (Å²) in [6.07, 6.45) is 1.73. The Morgan fingerprint density at radius 3 is 2.78 bits per heavy atom. The lowest BCUT2D eigenvalue weighted by Gasteiger charge is -2.05. The molecule has 2 heterocycles. The van der Waals surface area contributed by atoms with Gasteiger partial charge in [0.1, 0.15) is 5.69 Å². The van der Waals surface area contributed by atoms with Crippen LogP contribution in [0.15, 0.2) is 42.6 Å². The number of rotatable bonds is 5. The van der Waals surface area contributed by atoms with Crippen molar-refractivity contribution < 1.29 is 4.79 Å². The lowest BCUT2D eigenvalue weighted by Crippen LogP contribution is -2.24. The lowest BCUT2D eigenvalue weighted by molar-refractivity contribution is 0.0945. The van der Waals surface area contributed by atoms with Gasteiger partial charge in [-0.25, -0.2) is 0 Å². The first-order valence-electron chi connectivity index (χ1n) is 7.58. The van der Waals surface area contributed by atoms with E-state index in [1.165, 1.54) is 5.56 Å². The van der Waals surface area contributed by atoms with Gasteiger partial charge in [0.05, 0.1) is 17.9 Å². The molecule has 0 atom stereocenters. The molecule has 0 bridgehead atoms. The Labute approximate surface area is 134 Å². The van der Waals surface area contributed by atoms with Crippen LogP contribution in [0.4, 0.5) is 0 Å². The molecule has 3 aromatic rings. The van der Waals surface area contributed by atoms with Crippen molar-refractivity contribution in [3.05, 3.63) is 59.5 Å². The van der Waals surface area contributed by atoms with Gasteiger partial charge in [0.2, 0.25) is 0 Å². The van der Waals surface area contributed by atoms with E-state index in [1.54, 1.807) is 12.3 Å². The largest absolute Gasteiger partial charge is 0.345 e. The molecule has 0 aliphatic heterocycles. The van der Waals surface area contributed by atoms with E-state index in [2.05, 4.69) is 20.6 Å². The summed E-state index contributed by atoms with van der Waals surface area (Å²) < 4.78 is 1.85. The summed E-state index contributed by atoms with van der Waals surface area (Å²) in [5.74, 6) is -0.181. The molecule has 0 fully saturated rings. The van der Waals surface area contributed by atoms with Gasteiger partial charge in [-0.15, -0.1) is 0 Å². The van der Waals surface area contributed by atoms with Gasteiger partial charge in [-0.2, -0.15) is 10.2 Å². The van der Waals surface area contributed by atoms with Crippen molar-refractivity contribution in [3.63, 3.8) is 0 Å². The Balaban J connectivity index is 1.68. The fraction of sp³-hybridized carbons (Fsp3) is 0.235. The normalized spacial score (nSPS) is 10.7. The van der Waals surface area contributed by atoms with Crippen LogP contribution in [0, 0.1) is 6.92 Å². The monoisotopic (exact) mass is 309 g/mol. The molecule has 23 heavy (non-hydrogen) atoms. The molecule has 1 amide bonds. The van der Waals surface area contributed by atoms with Crippen LogP contribution in [0.2, 0.25) is 0 Å². The quantitative estimate of drug-likeness (QED) is 0.760. The number of nitrogens with zero attached hydrogens (tertiary/aromatic N) is 3. The molecule has 2 N–H and O–H groups in total. The highest BCUT2D eigenvalue weighted by molar-refractivity contribution is 5.93. The second-order valence-corrected chi connectivity index (χ2v) is 5.35. The molecule has 0 unspecified atom stereocenters. The van der Waals surface area contributed by atoms with E-state index in [-0.39, 0.29) is 5.91 Å². The van der Waals surface area contributed by atoms with Crippen LogP contribution < -0.4 is 5.32 Å². The first kappa shape index (κ1) is 15.0. The average molecular weight is 309 g/mol. The maximum atomic E-state index is 12.2. The Morgan fingerprint density at radius 2 is 2.04 bits per heavy atom. The third-order valence-corrected chi connectivity index (χ3v) is 3.70. The molecule has 6 heteroatoms. The second-order valence-electron chi connectivity index (χ2n) is 5.35. The minimum Gasteiger partial charge on any atom is -0.345 e. The van der Waals surface area contributed by atoms with Crippen LogP contribution in [-0.2, 0) is 13.1 Å². The molecule has 0 saturated carbocycles. The number of hydrogen-bond acceptors (Lipinski definition) is 3. The predicted molar refractivity (Wildman–Crippen MR) is 87.8 cm³/mol. The van der Waals surface area contributed by atoms with Crippen LogP contribution in [0.1, 0.15) is 28.7 Å². The number of aromatic amines is 1. The van der Waals surface area contributed by atoms with Gasteiger partial charge in [0.25, 0.3) is 5.91 Å². The molecule has 0 saturated heterocycles. The van der Waals surface area contributed by atoms with Gasteiger partial charge in [-0.1, -0.05) is 29.8 Å². The summed E-state index contributed by atoms with van der Waals surface area (Å²) in [6.45, 7) is 5.26. The van der Waals surface area contributed by atoms with E-state index in [1.807, 2.05) is 48.9 Å². The van der Waals surface area contributed by atoms with Crippen molar-refractivity contribution in [2.24, 2.45) is 0 Å².